The van der Waals surface area contributed by atoms with Crippen LogP contribution in [0.15, 0.2) is 16.6 Å². The van der Waals surface area contributed by atoms with Gasteiger partial charge in [0, 0.05) is 16.9 Å². The second kappa shape index (κ2) is 4.78. The number of hydrogen-bond donors (Lipinski definition) is 0. The lowest BCUT2D eigenvalue weighted by atomic mass is 10.1. The Morgan fingerprint density at radius 2 is 2.06 bits per heavy atom. The third-order valence-corrected chi connectivity index (χ3v) is 5.70. The van der Waals surface area contributed by atoms with Crippen molar-refractivity contribution in [2.45, 2.75) is 45.0 Å². The first-order valence-corrected chi connectivity index (χ1v) is 7.79. The van der Waals surface area contributed by atoms with Gasteiger partial charge in [0.05, 0.1) is 17.1 Å². The standard InChI is InChI=1S/C13H17BrFNOS/c1-8-9-5-6-11(14)12(15)10(9)7-16(8)18(17)13(2,3)4/h5-6,8H,7H2,1-4H3/t8-,18+/m0/s1. The van der Waals surface area contributed by atoms with Crippen molar-refractivity contribution in [1.82, 2.24) is 4.31 Å². The molecular formula is C13H17BrFNOS. The van der Waals surface area contributed by atoms with Gasteiger partial charge in [-0.25, -0.2) is 4.39 Å². The minimum atomic E-state index is -1.13. The minimum absolute atomic E-state index is 0.0114. The number of fused-ring (bicyclic) bond motifs is 1. The van der Waals surface area contributed by atoms with Crippen LogP contribution >= 0.6 is 15.9 Å². The molecule has 1 aliphatic heterocycles. The van der Waals surface area contributed by atoms with Gasteiger partial charge in [0.15, 0.2) is 0 Å². The number of nitrogens with zero attached hydrogens (tertiary/aromatic N) is 1. The highest BCUT2D eigenvalue weighted by molar-refractivity contribution is 9.10. The summed E-state index contributed by atoms with van der Waals surface area (Å²) in [6.07, 6.45) is 0. The fourth-order valence-electron chi connectivity index (χ4n) is 2.16. The van der Waals surface area contributed by atoms with E-state index >= 15 is 0 Å². The number of halogens is 2. The molecule has 5 heteroatoms. The molecule has 0 aliphatic carbocycles. The second-order valence-electron chi connectivity index (χ2n) is 5.54. The summed E-state index contributed by atoms with van der Waals surface area (Å²) in [6, 6.07) is 3.61. The Kier molecular flexibility index (Phi) is 3.80. The normalized spacial score (nSPS) is 22.1. The third-order valence-electron chi connectivity index (χ3n) is 3.17. The number of rotatable bonds is 1. The van der Waals surface area contributed by atoms with Crippen LogP contribution in [0.25, 0.3) is 0 Å². The van der Waals surface area contributed by atoms with E-state index in [9.17, 15) is 8.94 Å². The average Bonchev–Trinajstić information content (AvgIpc) is 2.60. The van der Waals surface area contributed by atoms with Crippen molar-refractivity contribution in [2.24, 2.45) is 0 Å². The van der Waals surface area contributed by atoms with Gasteiger partial charge in [-0.15, -0.1) is 4.31 Å². The zero-order chi connectivity index (χ0) is 13.7. The minimum Gasteiger partial charge on any atom is -0.597 e. The Morgan fingerprint density at radius 1 is 1.44 bits per heavy atom. The second-order valence-corrected chi connectivity index (χ2v) is 8.59. The Balaban J connectivity index is 2.36. The van der Waals surface area contributed by atoms with E-state index < -0.39 is 11.4 Å². The van der Waals surface area contributed by atoms with Crippen molar-refractivity contribution in [3.8, 4) is 0 Å². The van der Waals surface area contributed by atoms with Gasteiger partial charge in [0.2, 0.25) is 0 Å². The van der Waals surface area contributed by atoms with Gasteiger partial charge in [-0.2, -0.15) is 0 Å². The molecule has 0 unspecified atom stereocenters. The maximum atomic E-state index is 14.0. The third kappa shape index (κ3) is 2.33. The molecule has 100 valence electrons. The quantitative estimate of drug-likeness (QED) is 0.728. The molecule has 1 aromatic carbocycles. The molecule has 0 radical (unpaired) electrons. The van der Waals surface area contributed by atoms with Crippen LogP contribution in [0.3, 0.4) is 0 Å². The lowest BCUT2D eigenvalue weighted by Gasteiger charge is -2.32. The molecule has 0 aromatic heterocycles. The van der Waals surface area contributed by atoms with E-state index in [2.05, 4.69) is 15.9 Å². The molecule has 0 N–H and O–H groups in total. The highest BCUT2D eigenvalue weighted by Crippen LogP contribution is 2.41. The van der Waals surface area contributed by atoms with Gasteiger partial charge in [-0.05, 0) is 55.3 Å². The lowest BCUT2D eigenvalue weighted by Crippen LogP contribution is -2.41. The molecule has 0 amide bonds. The molecule has 0 bridgehead atoms. The summed E-state index contributed by atoms with van der Waals surface area (Å²) >= 11 is 2.06. The van der Waals surface area contributed by atoms with E-state index in [1.54, 1.807) is 6.07 Å². The van der Waals surface area contributed by atoms with Gasteiger partial charge in [-0.1, -0.05) is 6.07 Å². The first-order valence-electron chi connectivity index (χ1n) is 5.89. The Labute approximate surface area is 119 Å². The van der Waals surface area contributed by atoms with Crippen molar-refractivity contribution in [1.29, 1.82) is 0 Å². The van der Waals surface area contributed by atoms with E-state index in [4.69, 9.17) is 0 Å². The van der Waals surface area contributed by atoms with Crippen LogP contribution < -0.4 is 0 Å². The van der Waals surface area contributed by atoms with Crippen LogP contribution in [0.5, 0.6) is 0 Å². The summed E-state index contributed by atoms with van der Waals surface area (Å²) in [5.41, 5.74) is 1.60. The smallest absolute Gasteiger partial charge is 0.142 e. The lowest BCUT2D eigenvalue weighted by molar-refractivity contribution is 0.354. The first-order chi connectivity index (χ1) is 8.23. The molecule has 0 saturated heterocycles. The molecule has 0 spiro atoms. The molecule has 2 nitrogen and oxygen atoms in total. The molecule has 1 heterocycles. The average molecular weight is 334 g/mol. The van der Waals surface area contributed by atoms with Crippen LogP contribution in [0.1, 0.15) is 44.9 Å². The Morgan fingerprint density at radius 3 is 2.61 bits per heavy atom. The number of benzene rings is 1. The van der Waals surface area contributed by atoms with Crippen molar-refractivity contribution in [3.05, 3.63) is 33.5 Å². The summed E-state index contributed by atoms with van der Waals surface area (Å²) in [5.74, 6) is -0.229. The zero-order valence-electron chi connectivity index (χ0n) is 11.0. The molecule has 2 rings (SSSR count). The Hall–Kier alpha value is -0.100. The monoisotopic (exact) mass is 333 g/mol. The molecule has 0 fully saturated rings. The van der Waals surface area contributed by atoms with Crippen molar-refractivity contribution in [2.75, 3.05) is 0 Å². The van der Waals surface area contributed by atoms with E-state index in [-0.39, 0.29) is 16.6 Å². The predicted octanol–water partition coefficient (Wildman–Crippen LogP) is 3.93. The summed E-state index contributed by atoms with van der Waals surface area (Å²) in [7, 11) is 0. The highest BCUT2D eigenvalue weighted by atomic mass is 79.9. The van der Waals surface area contributed by atoms with Crippen molar-refractivity contribution in [3.63, 3.8) is 0 Å². The molecule has 1 aliphatic rings. The molecule has 2 atom stereocenters. The summed E-state index contributed by atoms with van der Waals surface area (Å²) < 4.78 is 28.5. The zero-order valence-corrected chi connectivity index (χ0v) is 13.4. The van der Waals surface area contributed by atoms with Gasteiger partial charge >= 0.3 is 0 Å². The van der Waals surface area contributed by atoms with Crippen LogP contribution in [-0.2, 0) is 17.9 Å². The Bertz CT molecular complexity index is 475. The van der Waals surface area contributed by atoms with Gasteiger partial charge in [0.1, 0.15) is 10.6 Å². The van der Waals surface area contributed by atoms with Crippen molar-refractivity contribution < 1.29 is 8.94 Å². The largest absolute Gasteiger partial charge is 0.597 e. The summed E-state index contributed by atoms with van der Waals surface area (Å²) in [5, 5.41) is 0. The van der Waals surface area contributed by atoms with Gasteiger partial charge in [-0.3, -0.25) is 0 Å². The van der Waals surface area contributed by atoms with Crippen LogP contribution in [-0.4, -0.2) is 13.6 Å². The van der Waals surface area contributed by atoms with E-state index in [0.717, 1.165) is 5.56 Å². The van der Waals surface area contributed by atoms with Crippen LogP contribution in [0.4, 0.5) is 4.39 Å². The molecule has 0 saturated carbocycles. The number of hydrogen-bond acceptors (Lipinski definition) is 2. The maximum Gasteiger partial charge on any atom is 0.142 e. The van der Waals surface area contributed by atoms with E-state index in [1.807, 2.05) is 38.1 Å². The van der Waals surface area contributed by atoms with Crippen molar-refractivity contribution >= 4 is 27.3 Å². The predicted molar refractivity (Wildman–Crippen MR) is 76.0 cm³/mol. The van der Waals surface area contributed by atoms with Crippen LogP contribution in [0, 0.1) is 5.82 Å². The van der Waals surface area contributed by atoms with E-state index in [0.29, 0.717) is 16.6 Å². The molecular weight excluding hydrogens is 317 g/mol. The SMILES string of the molecule is C[C@H]1c2ccc(Br)c(F)c2CN1[S@+]([O-])C(C)(C)C. The first kappa shape index (κ1) is 14.3. The topological polar surface area (TPSA) is 26.3 Å². The van der Waals surface area contributed by atoms with Crippen LogP contribution in [0.2, 0.25) is 0 Å². The molecule has 1 aromatic rings. The fraction of sp³-hybridized carbons (Fsp3) is 0.538. The molecule has 18 heavy (non-hydrogen) atoms. The summed E-state index contributed by atoms with van der Waals surface area (Å²) in [6.45, 7) is 8.19. The van der Waals surface area contributed by atoms with E-state index in [1.165, 1.54) is 0 Å². The highest BCUT2D eigenvalue weighted by Gasteiger charge is 2.42. The summed E-state index contributed by atoms with van der Waals surface area (Å²) in [4.78, 5) is 0. The maximum absolute atomic E-state index is 14.0. The van der Waals surface area contributed by atoms with Gasteiger partial charge < -0.3 is 4.55 Å². The van der Waals surface area contributed by atoms with Gasteiger partial charge in [0.25, 0.3) is 0 Å². The fourth-order valence-corrected chi connectivity index (χ4v) is 3.88.